The number of carboxylic acid groups (broad SMARTS) is 1. The molecule has 18 heavy (non-hydrogen) atoms. The van der Waals surface area contributed by atoms with Gasteiger partial charge in [0, 0.05) is 15.8 Å². The van der Waals surface area contributed by atoms with Gasteiger partial charge in [0.2, 0.25) is 0 Å². The van der Waals surface area contributed by atoms with Crippen LogP contribution in [0.1, 0.15) is 12.0 Å². The molecule has 0 saturated heterocycles. The van der Waals surface area contributed by atoms with Gasteiger partial charge in [-0.1, -0.05) is 29.3 Å². The Morgan fingerprint density at radius 2 is 2.06 bits per heavy atom. The van der Waals surface area contributed by atoms with Crippen molar-refractivity contribution >= 4 is 46.0 Å². The van der Waals surface area contributed by atoms with Crippen molar-refractivity contribution in [3.05, 3.63) is 33.8 Å². The lowest BCUT2D eigenvalue weighted by Gasteiger charge is -2.06. The molecule has 0 bridgehead atoms. The van der Waals surface area contributed by atoms with Crippen molar-refractivity contribution < 1.29 is 9.90 Å². The van der Waals surface area contributed by atoms with Crippen LogP contribution in [0.3, 0.4) is 0 Å². The van der Waals surface area contributed by atoms with Crippen LogP contribution < -0.4 is 0 Å². The van der Waals surface area contributed by atoms with E-state index in [1.165, 1.54) is 11.8 Å². The van der Waals surface area contributed by atoms with Gasteiger partial charge in [-0.05, 0) is 30.5 Å². The molecule has 1 aromatic rings. The number of aliphatic imine (C=N–C) groups is 1. The number of benzene rings is 1. The standard InChI is InChI=1S/C12H11Cl2NO2S/c13-8-2-1-3-9(14)7(8)4-5-11-15-10(6-18-11)12(16)17/h1-3,10H,4-6H2,(H,16,17). The molecule has 0 saturated carbocycles. The molecule has 1 N–H and O–H groups in total. The number of nitrogens with zero attached hydrogens (tertiary/aromatic N) is 1. The van der Waals surface area contributed by atoms with Crippen LogP contribution in [0.15, 0.2) is 23.2 Å². The fraction of sp³-hybridized carbons (Fsp3) is 0.333. The van der Waals surface area contributed by atoms with E-state index in [-0.39, 0.29) is 0 Å². The largest absolute Gasteiger partial charge is 0.480 e. The number of thioether (sulfide) groups is 1. The first kappa shape index (κ1) is 13.7. The first-order chi connectivity index (χ1) is 8.58. The van der Waals surface area contributed by atoms with E-state index in [9.17, 15) is 4.79 Å². The van der Waals surface area contributed by atoms with Crippen molar-refractivity contribution in [2.45, 2.75) is 18.9 Å². The zero-order chi connectivity index (χ0) is 13.1. The summed E-state index contributed by atoms with van der Waals surface area (Å²) < 4.78 is 0. The van der Waals surface area contributed by atoms with Gasteiger partial charge in [0.05, 0.1) is 5.04 Å². The van der Waals surface area contributed by atoms with Crippen LogP contribution in [-0.2, 0) is 11.2 Å². The second-order valence-corrected chi connectivity index (χ2v) is 5.80. The van der Waals surface area contributed by atoms with Gasteiger partial charge >= 0.3 is 5.97 Å². The van der Waals surface area contributed by atoms with Crippen LogP contribution in [0.25, 0.3) is 0 Å². The normalized spacial score (nSPS) is 18.8. The fourth-order valence-electron chi connectivity index (χ4n) is 1.69. The predicted octanol–water partition coefficient (Wildman–Crippen LogP) is 3.52. The van der Waals surface area contributed by atoms with E-state index in [1.807, 2.05) is 0 Å². The van der Waals surface area contributed by atoms with Gasteiger partial charge in [0.25, 0.3) is 0 Å². The second-order valence-electron chi connectivity index (χ2n) is 3.89. The predicted molar refractivity (Wildman–Crippen MR) is 76.1 cm³/mol. The number of rotatable bonds is 4. The molecule has 96 valence electrons. The summed E-state index contributed by atoms with van der Waals surface area (Å²) in [6.07, 6.45) is 1.36. The van der Waals surface area contributed by atoms with E-state index in [2.05, 4.69) is 4.99 Å². The summed E-state index contributed by atoms with van der Waals surface area (Å²) in [5.41, 5.74) is 0.892. The molecule has 0 spiro atoms. The zero-order valence-electron chi connectivity index (χ0n) is 9.40. The molecular weight excluding hydrogens is 293 g/mol. The van der Waals surface area contributed by atoms with Gasteiger partial charge < -0.3 is 5.11 Å². The van der Waals surface area contributed by atoms with E-state index in [1.54, 1.807) is 18.2 Å². The van der Waals surface area contributed by atoms with Gasteiger partial charge in [-0.15, -0.1) is 11.8 Å². The summed E-state index contributed by atoms with van der Waals surface area (Å²) in [4.78, 5) is 14.9. The molecule has 0 aliphatic carbocycles. The molecule has 0 amide bonds. The van der Waals surface area contributed by atoms with Gasteiger partial charge in [0.15, 0.2) is 6.04 Å². The summed E-state index contributed by atoms with van der Waals surface area (Å²) in [5.74, 6) is -0.353. The Kier molecular flexibility index (Phi) is 4.54. The quantitative estimate of drug-likeness (QED) is 0.926. The maximum atomic E-state index is 10.8. The molecule has 6 heteroatoms. The Bertz CT molecular complexity index is 485. The monoisotopic (exact) mass is 303 g/mol. The fourth-order valence-corrected chi connectivity index (χ4v) is 3.29. The topological polar surface area (TPSA) is 49.7 Å². The van der Waals surface area contributed by atoms with Crippen molar-refractivity contribution in [1.29, 1.82) is 0 Å². The van der Waals surface area contributed by atoms with Crippen molar-refractivity contribution in [3.63, 3.8) is 0 Å². The first-order valence-corrected chi connectivity index (χ1v) is 7.17. The van der Waals surface area contributed by atoms with E-state index < -0.39 is 12.0 Å². The van der Waals surface area contributed by atoms with Gasteiger partial charge in [0.1, 0.15) is 0 Å². The average Bonchev–Trinajstić information content (AvgIpc) is 2.77. The highest BCUT2D eigenvalue weighted by atomic mass is 35.5. The van der Waals surface area contributed by atoms with Crippen LogP contribution in [0.4, 0.5) is 0 Å². The van der Waals surface area contributed by atoms with Gasteiger partial charge in [-0.3, -0.25) is 4.99 Å². The molecule has 1 aliphatic heterocycles. The highest BCUT2D eigenvalue weighted by molar-refractivity contribution is 8.14. The van der Waals surface area contributed by atoms with Crippen LogP contribution in [0, 0.1) is 0 Å². The number of halogens is 2. The molecule has 3 nitrogen and oxygen atoms in total. The van der Waals surface area contributed by atoms with Crippen LogP contribution in [-0.4, -0.2) is 27.9 Å². The maximum absolute atomic E-state index is 10.8. The van der Waals surface area contributed by atoms with Gasteiger partial charge in [-0.25, -0.2) is 4.79 Å². The van der Waals surface area contributed by atoms with Crippen molar-refractivity contribution in [2.24, 2.45) is 4.99 Å². The van der Waals surface area contributed by atoms with Crippen LogP contribution >= 0.6 is 35.0 Å². The Labute approximate surface area is 119 Å². The number of carbonyl (C=O) groups is 1. The Morgan fingerprint density at radius 3 is 2.61 bits per heavy atom. The lowest BCUT2D eigenvalue weighted by molar-refractivity contribution is -0.137. The van der Waals surface area contributed by atoms with Crippen molar-refractivity contribution in [2.75, 3.05) is 5.75 Å². The number of aliphatic carboxylic acids is 1. The summed E-state index contributed by atoms with van der Waals surface area (Å²) in [6, 6.07) is 4.79. The molecule has 0 fully saturated rings. The molecule has 2 rings (SSSR count). The van der Waals surface area contributed by atoms with Gasteiger partial charge in [-0.2, -0.15) is 0 Å². The number of carboxylic acids is 1. The Hall–Kier alpha value is -0.710. The molecule has 1 aromatic carbocycles. The lowest BCUT2D eigenvalue weighted by Crippen LogP contribution is -2.17. The maximum Gasteiger partial charge on any atom is 0.329 e. The molecule has 1 atom stereocenters. The molecular formula is C12H11Cl2NO2S. The zero-order valence-corrected chi connectivity index (χ0v) is 11.7. The Morgan fingerprint density at radius 1 is 1.39 bits per heavy atom. The SMILES string of the molecule is O=C(O)C1CSC(CCc2c(Cl)cccc2Cl)=N1. The minimum absolute atomic E-state index is 0.515. The van der Waals surface area contributed by atoms with Crippen LogP contribution in [0.5, 0.6) is 0 Å². The average molecular weight is 304 g/mol. The van der Waals surface area contributed by atoms with Crippen LogP contribution in [0.2, 0.25) is 10.0 Å². The first-order valence-electron chi connectivity index (χ1n) is 5.43. The molecule has 0 aromatic heterocycles. The van der Waals surface area contributed by atoms with Crippen molar-refractivity contribution in [3.8, 4) is 0 Å². The molecule has 0 radical (unpaired) electrons. The number of hydrogen-bond acceptors (Lipinski definition) is 3. The third-order valence-corrected chi connectivity index (χ3v) is 4.48. The molecule has 1 heterocycles. The summed E-state index contributed by atoms with van der Waals surface area (Å²) in [7, 11) is 0. The van der Waals surface area contributed by atoms with E-state index in [4.69, 9.17) is 28.3 Å². The smallest absolute Gasteiger partial charge is 0.329 e. The minimum atomic E-state index is -0.867. The lowest BCUT2D eigenvalue weighted by atomic mass is 10.1. The minimum Gasteiger partial charge on any atom is -0.480 e. The second kappa shape index (κ2) is 5.95. The molecule has 1 aliphatic rings. The van der Waals surface area contributed by atoms with Crippen molar-refractivity contribution in [1.82, 2.24) is 0 Å². The van der Waals surface area contributed by atoms with E-state index in [0.29, 0.717) is 28.6 Å². The summed E-state index contributed by atoms with van der Waals surface area (Å²) in [5, 5.41) is 11.0. The number of hydrogen-bond donors (Lipinski definition) is 1. The summed E-state index contributed by atoms with van der Waals surface area (Å²) >= 11 is 13.6. The van der Waals surface area contributed by atoms with E-state index in [0.717, 1.165) is 10.6 Å². The van der Waals surface area contributed by atoms with E-state index >= 15 is 0 Å². The molecule has 1 unspecified atom stereocenters. The third-order valence-electron chi connectivity index (χ3n) is 2.64. The Balaban J connectivity index is 2.01. The highest BCUT2D eigenvalue weighted by Crippen LogP contribution is 2.28. The summed E-state index contributed by atoms with van der Waals surface area (Å²) in [6.45, 7) is 0. The highest BCUT2D eigenvalue weighted by Gasteiger charge is 2.24. The third kappa shape index (κ3) is 3.19.